The van der Waals surface area contributed by atoms with Crippen molar-refractivity contribution >= 4 is 33.1 Å². The number of rotatable bonds is 2. The highest BCUT2D eigenvalue weighted by Gasteiger charge is 2.20. The number of fused-ring (bicyclic) bond motifs is 1. The van der Waals surface area contributed by atoms with Gasteiger partial charge in [0.2, 0.25) is 0 Å². The van der Waals surface area contributed by atoms with Gasteiger partial charge in [0, 0.05) is 31.4 Å². The first-order chi connectivity index (χ1) is 10.2. The molecular formula is C14H13BrN4O2. The Balaban J connectivity index is 2.06. The Morgan fingerprint density at radius 2 is 2.19 bits per heavy atom. The van der Waals surface area contributed by atoms with Crippen LogP contribution in [0.25, 0.3) is 0 Å². The summed E-state index contributed by atoms with van der Waals surface area (Å²) in [6, 6.07) is 9.58. The average molecular weight is 349 g/mol. The van der Waals surface area contributed by atoms with Crippen molar-refractivity contribution in [3.63, 3.8) is 0 Å². The van der Waals surface area contributed by atoms with Crippen molar-refractivity contribution < 1.29 is 4.92 Å². The number of anilines is 2. The lowest BCUT2D eigenvalue weighted by molar-refractivity contribution is -0.385. The molecule has 0 amide bonds. The van der Waals surface area contributed by atoms with E-state index in [1.807, 2.05) is 18.2 Å². The molecule has 0 saturated carbocycles. The molecule has 0 aliphatic carbocycles. The van der Waals surface area contributed by atoms with Crippen molar-refractivity contribution in [3.05, 3.63) is 56.7 Å². The van der Waals surface area contributed by atoms with Gasteiger partial charge in [0.05, 0.1) is 9.40 Å². The molecule has 2 aromatic rings. The zero-order valence-corrected chi connectivity index (χ0v) is 12.7. The van der Waals surface area contributed by atoms with Gasteiger partial charge in [-0.3, -0.25) is 10.1 Å². The average Bonchev–Trinajstić information content (AvgIpc) is 2.69. The molecule has 108 valence electrons. The first-order valence-corrected chi connectivity index (χ1v) is 7.32. The van der Waals surface area contributed by atoms with E-state index < -0.39 is 4.92 Å². The maximum Gasteiger partial charge on any atom is 0.288 e. The van der Waals surface area contributed by atoms with Crippen molar-refractivity contribution in [2.75, 3.05) is 18.0 Å². The maximum absolute atomic E-state index is 10.8. The normalized spacial score (nSPS) is 14.4. The van der Waals surface area contributed by atoms with Crippen LogP contribution in [0.5, 0.6) is 0 Å². The minimum absolute atomic E-state index is 0.0214. The summed E-state index contributed by atoms with van der Waals surface area (Å²) < 4.78 is 0.619. The third kappa shape index (κ3) is 2.74. The second-order valence-electron chi connectivity index (χ2n) is 4.71. The van der Waals surface area contributed by atoms with Crippen LogP contribution in [0.15, 0.2) is 41.0 Å². The number of nitrogens with zero attached hydrogens (tertiary/aromatic N) is 3. The fraction of sp³-hybridized carbons (Fsp3) is 0.214. The molecule has 0 saturated heterocycles. The van der Waals surface area contributed by atoms with E-state index in [-0.39, 0.29) is 5.69 Å². The van der Waals surface area contributed by atoms with Gasteiger partial charge in [-0.25, -0.2) is 4.98 Å². The summed E-state index contributed by atoms with van der Waals surface area (Å²) in [6.45, 7) is 2.37. The summed E-state index contributed by atoms with van der Waals surface area (Å²) in [5.41, 5.74) is 2.23. The third-order valence-corrected chi connectivity index (χ3v) is 3.97. The van der Waals surface area contributed by atoms with Gasteiger partial charge in [0.1, 0.15) is 12.0 Å². The van der Waals surface area contributed by atoms with E-state index in [1.165, 1.54) is 17.8 Å². The molecule has 1 aromatic carbocycles. The number of nitro groups is 1. The zero-order chi connectivity index (χ0) is 14.8. The molecule has 1 aromatic heterocycles. The number of benzene rings is 1. The van der Waals surface area contributed by atoms with Crippen LogP contribution in [0.4, 0.5) is 17.2 Å². The summed E-state index contributed by atoms with van der Waals surface area (Å²) >= 11 is 3.40. The number of hydrogen-bond acceptors (Lipinski definition) is 5. The lowest BCUT2D eigenvalue weighted by atomic mass is 10.1. The molecule has 0 spiro atoms. The van der Waals surface area contributed by atoms with Crippen molar-refractivity contribution in [2.24, 2.45) is 0 Å². The molecular weight excluding hydrogens is 336 g/mol. The van der Waals surface area contributed by atoms with Crippen LogP contribution in [-0.4, -0.2) is 23.0 Å². The van der Waals surface area contributed by atoms with Crippen LogP contribution in [0, 0.1) is 10.1 Å². The molecule has 1 aliphatic rings. The van der Waals surface area contributed by atoms with E-state index in [4.69, 9.17) is 0 Å². The summed E-state index contributed by atoms with van der Waals surface area (Å²) in [6.07, 6.45) is 1.29. The standard InChI is InChI=1S/C14H13BrN4O2/c15-12-7-11(19(20)21)9-17-14(12)18-6-5-16-8-10-3-1-2-4-13(10)18/h1-4,7,9,16H,5-6,8H2. The number of halogens is 1. The van der Waals surface area contributed by atoms with Crippen molar-refractivity contribution in [2.45, 2.75) is 6.54 Å². The monoisotopic (exact) mass is 348 g/mol. The molecule has 1 N–H and O–H groups in total. The summed E-state index contributed by atoms with van der Waals surface area (Å²) in [4.78, 5) is 16.7. The number of aromatic nitrogens is 1. The Morgan fingerprint density at radius 1 is 1.38 bits per heavy atom. The Labute approximate surface area is 130 Å². The predicted octanol–water partition coefficient (Wildman–Crippen LogP) is 2.99. The molecule has 0 fully saturated rings. The van der Waals surface area contributed by atoms with Crippen molar-refractivity contribution in [3.8, 4) is 0 Å². The van der Waals surface area contributed by atoms with E-state index in [0.29, 0.717) is 10.3 Å². The Morgan fingerprint density at radius 3 is 2.95 bits per heavy atom. The van der Waals surface area contributed by atoms with Gasteiger partial charge >= 0.3 is 0 Å². The van der Waals surface area contributed by atoms with Crippen LogP contribution in [0.2, 0.25) is 0 Å². The highest BCUT2D eigenvalue weighted by Crippen LogP contribution is 2.34. The maximum atomic E-state index is 10.8. The summed E-state index contributed by atoms with van der Waals surface area (Å²) in [7, 11) is 0. The number of para-hydroxylation sites is 1. The van der Waals surface area contributed by atoms with Crippen LogP contribution in [-0.2, 0) is 6.54 Å². The Bertz CT molecular complexity index is 692. The lowest BCUT2D eigenvalue weighted by Gasteiger charge is -2.24. The second-order valence-corrected chi connectivity index (χ2v) is 5.57. The topological polar surface area (TPSA) is 71.3 Å². The van der Waals surface area contributed by atoms with Gasteiger partial charge in [0.15, 0.2) is 0 Å². The molecule has 7 heteroatoms. The number of pyridine rings is 1. The van der Waals surface area contributed by atoms with Crippen molar-refractivity contribution in [1.82, 2.24) is 10.3 Å². The molecule has 2 heterocycles. The highest BCUT2D eigenvalue weighted by atomic mass is 79.9. The molecule has 6 nitrogen and oxygen atoms in total. The van der Waals surface area contributed by atoms with Crippen LogP contribution < -0.4 is 10.2 Å². The van der Waals surface area contributed by atoms with Crippen LogP contribution in [0.1, 0.15) is 5.56 Å². The highest BCUT2D eigenvalue weighted by molar-refractivity contribution is 9.10. The smallest absolute Gasteiger partial charge is 0.288 e. The van der Waals surface area contributed by atoms with E-state index in [2.05, 4.69) is 37.2 Å². The molecule has 0 atom stereocenters. The third-order valence-electron chi connectivity index (χ3n) is 3.38. The van der Waals surface area contributed by atoms with E-state index in [0.717, 1.165) is 25.3 Å². The molecule has 3 rings (SSSR count). The second kappa shape index (κ2) is 5.79. The van der Waals surface area contributed by atoms with E-state index >= 15 is 0 Å². The fourth-order valence-corrected chi connectivity index (χ4v) is 2.95. The lowest BCUT2D eigenvalue weighted by Crippen LogP contribution is -2.25. The summed E-state index contributed by atoms with van der Waals surface area (Å²) in [5.74, 6) is 0.691. The van der Waals surface area contributed by atoms with E-state index in [1.54, 1.807) is 0 Å². The van der Waals surface area contributed by atoms with Gasteiger partial charge in [-0.1, -0.05) is 18.2 Å². The molecule has 0 bridgehead atoms. The van der Waals surface area contributed by atoms with E-state index in [9.17, 15) is 10.1 Å². The number of nitrogens with one attached hydrogen (secondary N) is 1. The number of hydrogen-bond donors (Lipinski definition) is 1. The zero-order valence-electron chi connectivity index (χ0n) is 11.1. The molecule has 0 radical (unpaired) electrons. The molecule has 0 unspecified atom stereocenters. The van der Waals surface area contributed by atoms with Gasteiger partial charge in [-0.15, -0.1) is 0 Å². The molecule has 1 aliphatic heterocycles. The van der Waals surface area contributed by atoms with Gasteiger partial charge in [0.25, 0.3) is 5.69 Å². The van der Waals surface area contributed by atoms with Gasteiger partial charge < -0.3 is 10.2 Å². The first kappa shape index (κ1) is 14.0. The minimum atomic E-state index is -0.445. The quantitative estimate of drug-likeness (QED) is 0.667. The SMILES string of the molecule is O=[N+]([O-])c1cnc(N2CCNCc3ccccc32)c(Br)c1. The Hall–Kier alpha value is -1.99. The molecule has 21 heavy (non-hydrogen) atoms. The van der Waals surface area contributed by atoms with Crippen molar-refractivity contribution in [1.29, 1.82) is 0 Å². The Kier molecular flexibility index (Phi) is 3.85. The van der Waals surface area contributed by atoms with Gasteiger partial charge in [-0.05, 0) is 27.6 Å². The largest absolute Gasteiger partial charge is 0.324 e. The van der Waals surface area contributed by atoms with Gasteiger partial charge in [-0.2, -0.15) is 0 Å². The fourth-order valence-electron chi connectivity index (χ4n) is 2.40. The first-order valence-electron chi connectivity index (χ1n) is 6.53. The predicted molar refractivity (Wildman–Crippen MR) is 83.7 cm³/mol. The van der Waals surface area contributed by atoms with Crippen LogP contribution >= 0.6 is 15.9 Å². The summed E-state index contributed by atoms with van der Waals surface area (Å²) in [5, 5.41) is 14.2. The van der Waals surface area contributed by atoms with Crippen LogP contribution in [0.3, 0.4) is 0 Å². The minimum Gasteiger partial charge on any atom is -0.324 e.